The number of primary amides is 1. The topological polar surface area (TPSA) is 86.7 Å². The lowest BCUT2D eigenvalue weighted by Gasteiger charge is -2.02. The Hall–Kier alpha value is -2.24. The van der Waals surface area contributed by atoms with E-state index < -0.39 is 5.91 Å². The van der Waals surface area contributed by atoms with Gasteiger partial charge in [-0.25, -0.2) is 9.97 Å². The molecule has 2 rings (SSSR count). The van der Waals surface area contributed by atoms with Gasteiger partial charge in [0.2, 0.25) is 5.91 Å². The molecule has 0 bridgehead atoms. The molecule has 0 spiro atoms. The SMILES string of the molecule is Cc1nn(CC(N)=O)c(C)c1-c1cncnc1. The monoisotopic (exact) mass is 231 g/mol. The Morgan fingerprint density at radius 2 is 2.00 bits per heavy atom. The molecule has 88 valence electrons. The van der Waals surface area contributed by atoms with E-state index in [9.17, 15) is 4.79 Å². The van der Waals surface area contributed by atoms with Crippen LogP contribution in [0, 0.1) is 13.8 Å². The maximum atomic E-state index is 10.9. The molecule has 2 heterocycles. The van der Waals surface area contributed by atoms with Crippen molar-refractivity contribution in [3.8, 4) is 11.1 Å². The molecular weight excluding hydrogens is 218 g/mol. The molecule has 2 N–H and O–H groups in total. The summed E-state index contributed by atoms with van der Waals surface area (Å²) in [6.07, 6.45) is 4.92. The van der Waals surface area contributed by atoms with Gasteiger partial charge in [-0.3, -0.25) is 9.48 Å². The lowest BCUT2D eigenvalue weighted by atomic mass is 10.1. The summed E-state index contributed by atoms with van der Waals surface area (Å²) in [4.78, 5) is 18.9. The van der Waals surface area contributed by atoms with Crippen LogP contribution in [-0.2, 0) is 11.3 Å². The summed E-state index contributed by atoms with van der Waals surface area (Å²) in [7, 11) is 0. The molecule has 0 fully saturated rings. The minimum absolute atomic E-state index is 0.0837. The Morgan fingerprint density at radius 1 is 1.35 bits per heavy atom. The predicted molar refractivity (Wildman–Crippen MR) is 61.9 cm³/mol. The first kappa shape index (κ1) is 11.3. The molecule has 2 aromatic heterocycles. The molecule has 0 unspecified atom stereocenters. The van der Waals surface area contributed by atoms with E-state index in [4.69, 9.17) is 5.73 Å². The van der Waals surface area contributed by atoms with Crippen molar-refractivity contribution in [3.63, 3.8) is 0 Å². The minimum atomic E-state index is -0.411. The first-order chi connectivity index (χ1) is 8.09. The molecule has 6 heteroatoms. The van der Waals surface area contributed by atoms with E-state index in [1.807, 2.05) is 13.8 Å². The van der Waals surface area contributed by atoms with Gasteiger partial charge in [0.25, 0.3) is 0 Å². The standard InChI is InChI=1S/C11H13N5O/c1-7-11(9-3-13-6-14-4-9)8(2)16(15-7)5-10(12)17/h3-4,6H,5H2,1-2H3,(H2,12,17). The molecule has 0 aliphatic rings. The zero-order valence-electron chi connectivity index (χ0n) is 9.71. The maximum absolute atomic E-state index is 10.9. The van der Waals surface area contributed by atoms with Crippen LogP contribution in [0.5, 0.6) is 0 Å². The van der Waals surface area contributed by atoms with Crippen LogP contribution in [0.3, 0.4) is 0 Å². The van der Waals surface area contributed by atoms with Crippen molar-refractivity contribution in [3.05, 3.63) is 30.1 Å². The molecule has 0 aliphatic heterocycles. The van der Waals surface area contributed by atoms with E-state index >= 15 is 0 Å². The fourth-order valence-electron chi connectivity index (χ4n) is 1.84. The molecule has 0 aliphatic carbocycles. The number of aryl methyl sites for hydroxylation is 1. The lowest BCUT2D eigenvalue weighted by Crippen LogP contribution is -2.20. The molecule has 1 amide bonds. The van der Waals surface area contributed by atoms with Crippen LogP contribution in [0.1, 0.15) is 11.4 Å². The number of carbonyl (C=O) groups excluding carboxylic acids is 1. The predicted octanol–water partition coefficient (Wildman–Crippen LogP) is 0.442. The van der Waals surface area contributed by atoms with Crippen LogP contribution in [-0.4, -0.2) is 25.7 Å². The van der Waals surface area contributed by atoms with Gasteiger partial charge >= 0.3 is 0 Å². The van der Waals surface area contributed by atoms with Crippen molar-refractivity contribution in [2.75, 3.05) is 0 Å². The molecule has 2 aromatic rings. The Bertz CT molecular complexity index is 546. The van der Waals surface area contributed by atoms with Crippen molar-refractivity contribution in [1.29, 1.82) is 0 Å². The van der Waals surface area contributed by atoms with Gasteiger partial charge in [-0.15, -0.1) is 0 Å². The van der Waals surface area contributed by atoms with Crippen molar-refractivity contribution in [2.45, 2.75) is 20.4 Å². The number of nitrogens with zero attached hydrogens (tertiary/aromatic N) is 4. The van der Waals surface area contributed by atoms with Crippen molar-refractivity contribution >= 4 is 5.91 Å². The highest BCUT2D eigenvalue weighted by Gasteiger charge is 2.14. The number of carbonyl (C=O) groups is 1. The number of nitrogens with two attached hydrogens (primary N) is 1. The molecule has 0 radical (unpaired) electrons. The molecule has 0 saturated carbocycles. The van der Waals surface area contributed by atoms with Crippen molar-refractivity contribution in [2.24, 2.45) is 5.73 Å². The summed E-state index contributed by atoms with van der Waals surface area (Å²) in [5, 5.41) is 4.29. The quantitative estimate of drug-likeness (QED) is 0.830. The zero-order valence-corrected chi connectivity index (χ0v) is 9.71. The number of rotatable bonds is 3. The lowest BCUT2D eigenvalue weighted by molar-refractivity contribution is -0.118. The van der Waals surface area contributed by atoms with Gasteiger partial charge in [-0.1, -0.05) is 0 Å². The Morgan fingerprint density at radius 3 is 2.59 bits per heavy atom. The molecule has 17 heavy (non-hydrogen) atoms. The van der Waals surface area contributed by atoms with Gasteiger partial charge in [0.1, 0.15) is 12.9 Å². The average Bonchev–Trinajstić information content (AvgIpc) is 2.54. The maximum Gasteiger partial charge on any atom is 0.239 e. The smallest absolute Gasteiger partial charge is 0.239 e. The Balaban J connectivity index is 2.49. The van der Waals surface area contributed by atoms with Crippen LogP contribution < -0.4 is 5.73 Å². The van der Waals surface area contributed by atoms with Crippen LogP contribution in [0.4, 0.5) is 0 Å². The van der Waals surface area contributed by atoms with Crippen molar-refractivity contribution < 1.29 is 4.79 Å². The minimum Gasteiger partial charge on any atom is -0.368 e. The third kappa shape index (κ3) is 2.15. The number of aromatic nitrogens is 4. The van der Waals surface area contributed by atoms with Crippen LogP contribution in [0.25, 0.3) is 11.1 Å². The highest BCUT2D eigenvalue weighted by Crippen LogP contribution is 2.25. The second-order valence-corrected chi connectivity index (χ2v) is 3.80. The van der Waals surface area contributed by atoms with E-state index in [1.165, 1.54) is 6.33 Å². The first-order valence-corrected chi connectivity index (χ1v) is 5.17. The average molecular weight is 231 g/mol. The fourth-order valence-corrected chi connectivity index (χ4v) is 1.84. The summed E-state index contributed by atoms with van der Waals surface area (Å²) in [5.41, 5.74) is 8.72. The second kappa shape index (κ2) is 4.32. The van der Waals surface area contributed by atoms with Gasteiger partial charge in [0.05, 0.1) is 5.69 Å². The normalized spacial score (nSPS) is 10.5. The third-order valence-corrected chi connectivity index (χ3v) is 2.54. The van der Waals surface area contributed by atoms with E-state index in [1.54, 1.807) is 17.1 Å². The fraction of sp³-hybridized carbons (Fsp3) is 0.273. The number of hydrogen-bond acceptors (Lipinski definition) is 4. The molecule has 0 aromatic carbocycles. The van der Waals surface area contributed by atoms with Gasteiger partial charge in [-0.05, 0) is 13.8 Å². The molecule has 6 nitrogen and oxygen atoms in total. The van der Waals surface area contributed by atoms with Crippen molar-refractivity contribution in [1.82, 2.24) is 19.7 Å². The van der Waals surface area contributed by atoms with Gasteiger partial charge in [0, 0.05) is 29.2 Å². The van der Waals surface area contributed by atoms with E-state index in [2.05, 4.69) is 15.1 Å². The summed E-state index contributed by atoms with van der Waals surface area (Å²) < 4.78 is 1.60. The summed E-state index contributed by atoms with van der Waals surface area (Å²) >= 11 is 0. The summed E-state index contributed by atoms with van der Waals surface area (Å²) in [6, 6.07) is 0. The molecular formula is C11H13N5O. The van der Waals surface area contributed by atoms with Crippen LogP contribution in [0.2, 0.25) is 0 Å². The Labute approximate surface area is 98.5 Å². The van der Waals surface area contributed by atoms with Crippen LogP contribution in [0.15, 0.2) is 18.7 Å². The van der Waals surface area contributed by atoms with E-state index in [0.29, 0.717) is 0 Å². The summed E-state index contributed by atoms with van der Waals surface area (Å²) in [6.45, 7) is 3.86. The summed E-state index contributed by atoms with van der Waals surface area (Å²) in [5.74, 6) is -0.411. The molecule has 0 saturated heterocycles. The van der Waals surface area contributed by atoms with Crippen LogP contribution >= 0.6 is 0 Å². The highest BCUT2D eigenvalue weighted by atomic mass is 16.1. The largest absolute Gasteiger partial charge is 0.368 e. The van der Waals surface area contributed by atoms with E-state index in [0.717, 1.165) is 22.5 Å². The van der Waals surface area contributed by atoms with Gasteiger partial charge in [-0.2, -0.15) is 5.10 Å². The first-order valence-electron chi connectivity index (χ1n) is 5.17. The number of amides is 1. The Kier molecular flexibility index (Phi) is 2.86. The molecule has 0 atom stereocenters. The number of hydrogen-bond donors (Lipinski definition) is 1. The second-order valence-electron chi connectivity index (χ2n) is 3.80. The van der Waals surface area contributed by atoms with Gasteiger partial charge in [0.15, 0.2) is 0 Å². The third-order valence-electron chi connectivity index (χ3n) is 2.54. The zero-order chi connectivity index (χ0) is 12.4. The van der Waals surface area contributed by atoms with E-state index in [-0.39, 0.29) is 6.54 Å². The highest BCUT2D eigenvalue weighted by molar-refractivity contribution is 5.74. The van der Waals surface area contributed by atoms with Gasteiger partial charge < -0.3 is 5.73 Å².